The number of anilines is 2. The second-order valence-electron chi connectivity index (χ2n) is 9.89. The van der Waals surface area contributed by atoms with Crippen molar-refractivity contribution in [2.45, 2.75) is 32.5 Å². The van der Waals surface area contributed by atoms with Crippen molar-refractivity contribution in [3.05, 3.63) is 92.4 Å². The molecule has 0 aromatic heterocycles. The van der Waals surface area contributed by atoms with Crippen LogP contribution in [-0.2, 0) is 4.79 Å². The van der Waals surface area contributed by atoms with Gasteiger partial charge in [0, 0.05) is 21.4 Å². The molecule has 0 aliphatic carbocycles. The van der Waals surface area contributed by atoms with Crippen LogP contribution in [0.15, 0.2) is 71.8 Å². The predicted octanol–water partition coefficient (Wildman–Crippen LogP) is 7.11. The van der Waals surface area contributed by atoms with Crippen molar-refractivity contribution >= 4 is 81.5 Å². The van der Waals surface area contributed by atoms with Crippen LogP contribution >= 0.6 is 46.4 Å². The van der Waals surface area contributed by atoms with Gasteiger partial charge in [-0.25, -0.2) is 15.0 Å². The highest BCUT2D eigenvalue weighted by molar-refractivity contribution is 6.42. The molecule has 1 aliphatic rings. The Balaban J connectivity index is 1.59. The van der Waals surface area contributed by atoms with Crippen LogP contribution in [-0.4, -0.2) is 57.1 Å². The summed E-state index contributed by atoms with van der Waals surface area (Å²) < 4.78 is 0. The molecule has 3 aromatic rings. The van der Waals surface area contributed by atoms with Crippen LogP contribution in [0.2, 0.25) is 20.1 Å². The van der Waals surface area contributed by atoms with E-state index in [1.165, 1.54) is 9.80 Å². The Morgan fingerprint density at radius 2 is 1.55 bits per heavy atom. The summed E-state index contributed by atoms with van der Waals surface area (Å²) in [5, 5.41) is 19.9. The van der Waals surface area contributed by atoms with Crippen LogP contribution < -0.4 is 15.6 Å². The van der Waals surface area contributed by atoms with Crippen LogP contribution in [0, 0.1) is 0 Å². The van der Waals surface area contributed by atoms with Crippen molar-refractivity contribution in [3.63, 3.8) is 0 Å². The molecule has 0 saturated carbocycles. The molecule has 14 heteroatoms. The van der Waals surface area contributed by atoms with Crippen LogP contribution in [0.1, 0.15) is 26.3 Å². The lowest BCUT2D eigenvalue weighted by atomic mass is 9.99. The van der Waals surface area contributed by atoms with Gasteiger partial charge < -0.3 is 10.2 Å². The standard InChI is InChI=1S/C28H26Cl4N6O4/c1-16(17-4-13-22(31)23(32)14-17)34-35-24(39)15-36-27(41)37(21-11-7-19(30)8-12-21)25(28(36,2)3)38(42)26(40)33-20-9-5-18(29)6-10-20/h4-14,25,42H,15H2,1-3H3,(H,33,40)(H,35,39)/b34-16+. The summed E-state index contributed by atoms with van der Waals surface area (Å²) >= 11 is 24.0. The first-order valence-corrected chi connectivity index (χ1v) is 14.0. The molecule has 1 aliphatic heterocycles. The molecule has 1 atom stereocenters. The van der Waals surface area contributed by atoms with E-state index < -0.39 is 36.2 Å². The molecule has 10 nitrogen and oxygen atoms in total. The number of amides is 5. The van der Waals surface area contributed by atoms with E-state index in [1.807, 2.05) is 0 Å². The van der Waals surface area contributed by atoms with Gasteiger partial charge >= 0.3 is 12.1 Å². The Morgan fingerprint density at radius 3 is 2.14 bits per heavy atom. The number of hydroxylamine groups is 2. The molecule has 0 radical (unpaired) electrons. The van der Waals surface area contributed by atoms with E-state index in [2.05, 4.69) is 15.8 Å². The molecule has 4 rings (SSSR count). The second-order valence-corrected chi connectivity index (χ2v) is 11.6. The van der Waals surface area contributed by atoms with Gasteiger partial charge in [0.1, 0.15) is 6.54 Å². The molecule has 1 fully saturated rings. The van der Waals surface area contributed by atoms with E-state index in [-0.39, 0.29) is 0 Å². The SMILES string of the molecule is C/C(=N\NC(=O)CN1C(=O)N(c2ccc(Cl)cc2)C(N(O)C(=O)Nc2ccc(Cl)cc2)C1(C)C)c1ccc(Cl)c(Cl)c1. The molecule has 1 unspecified atom stereocenters. The minimum Gasteiger partial charge on any atom is -0.306 e. The molecule has 42 heavy (non-hydrogen) atoms. The van der Waals surface area contributed by atoms with E-state index in [0.717, 1.165) is 0 Å². The number of nitrogens with one attached hydrogen (secondary N) is 2. The fourth-order valence-corrected chi connectivity index (χ4v) is 4.96. The molecule has 1 heterocycles. The second kappa shape index (κ2) is 12.8. The Bertz CT molecular complexity index is 1530. The first-order valence-electron chi connectivity index (χ1n) is 12.5. The molecule has 0 bridgehead atoms. The maximum atomic E-state index is 13.8. The summed E-state index contributed by atoms with van der Waals surface area (Å²) in [6.07, 6.45) is -1.26. The third-order valence-corrected chi connectivity index (χ3v) is 7.88. The summed E-state index contributed by atoms with van der Waals surface area (Å²) in [5.41, 5.74) is 2.97. The molecule has 3 N–H and O–H groups in total. The minimum absolute atomic E-state index is 0.335. The van der Waals surface area contributed by atoms with Gasteiger partial charge in [-0.1, -0.05) is 52.5 Å². The zero-order valence-electron chi connectivity index (χ0n) is 22.6. The summed E-state index contributed by atoms with van der Waals surface area (Å²) in [6, 6.07) is 15.9. The van der Waals surface area contributed by atoms with Crippen molar-refractivity contribution in [1.29, 1.82) is 0 Å². The van der Waals surface area contributed by atoms with E-state index in [1.54, 1.807) is 87.5 Å². The van der Waals surface area contributed by atoms with Gasteiger partial charge in [-0.2, -0.15) is 10.2 Å². The Labute approximate surface area is 262 Å². The Morgan fingerprint density at radius 1 is 0.952 bits per heavy atom. The van der Waals surface area contributed by atoms with E-state index in [0.29, 0.717) is 47.8 Å². The van der Waals surface area contributed by atoms with Crippen molar-refractivity contribution in [1.82, 2.24) is 15.4 Å². The highest BCUT2D eigenvalue weighted by atomic mass is 35.5. The minimum atomic E-state index is -1.28. The number of rotatable bonds is 7. The summed E-state index contributed by atoms with van der Waals surface area (Å²) in [4.78, 5) is 42.4. The first-order chi connectivity index (χ1) is 19.8. The van der Waals surface area contributed by atoms with E-state index >= 15 is 0 Å². The summed E-state index contributed by atoms with van der Waals surface area (Å²) in [5.74, 6) is -0.609. The van der Waals surface area contributed by atoms with Crippen LogP contribution in [0.5, 0.6) is 0 Å². The number of benzene rings is 3. The lowest BCUT2D eigenvalue weighted by Crippen LogP contribution is -2.58. The molecular weight excluding hydrogens is 626 g/mol. The normalized spacial score (nSPS) is 16.4. The van der Waals surface area contributed by atoms with Gasteiger partial charge in [-0.05, 0) is 87.0 Å². The topological polar surface area (TPSA) is 118 Å². The fourth-order valence-electron chi connectivity index (χ4n) is 4.41. The van der Waals surface area contributed by atoms with Gasteiger partial charge in [-0.15, -0.1) is 0 Å². The average Bonchev–Trinajstić information content (AvgIpc) is 3.14. The van der Waals surface area contributed by atoms with Crippen LogP contribution in [0.25, 0.3) is 0 Å². The molecule has 0 spiro atoms. The van der Waals surface area contributed by atoms with Gasteiger partial charge in [-0.3, -0.25) is 14.9 Å². The van der Waals surface area contributed by atoms with Crippen LogP contribution in [0.4, 0.5) is 21.0 Å². The lowest BCUT2D eigenvalue weighted by molar-refractivity contribution is -0.124. The lowest BCUT2D eigenvalue weighted by Gasteiger charge is -2.38. The molecule has 5 amide bonds. The Kier molecular flexibility index (Phi) is 9.54. The van der Waals surface area contributed by atoms with Gasteiger partial charge in [0.2, 0.25) is 0 Å². The maximum Gasteiger partial charge on any atom is 0.347 e. The zero-order chi connectivity index (χ0) is 30.8. The number of hydrogen-bond acceptors (Lipinski definition) is 5. The Hall–Kier alpha value is -3.54. The first kappa shape index (κ1) is 31.4. The molecule has 3 aromatic carbocycles. The summed E-state index contributed by atoms with van der Waals surface area (Å²) in [6.45, 7) is 4.49. The number of carbonyl (C=O) groups is 3. The maximum absolute atomic E-state index is 13.8. The number of hydrazone groups is 1. The van der Waals surface area contributed by atoms with Crippen molar-refractivity contribution in [2.24, 2.45) is 5.10 Å². The molecular formula is C28H26Cl4N6O4. The highest BCUT2D eigenvalue weighted by Crippen LogP contribution is 2.38. The molecule has 1 saturated heterocycles. The fraction of sp³-hybridized carbons (Fsp3) is 0.214. The van der Waals surface area contributed by atoms with Crippen molar-refractivity contribution in [3.8, 4) is 0 Å². The number of carbonyl (C=O) groups excluding carboxylic acids is 3. The van der Waals surface area contributed by atoms with Gasteiger partial charge in [0.05, 0.1) is 21.3 Å². The smallest absolute Gasteiger partial charge is 0.306 e. The summed E-state index contributed by atoms with van der Waals surface area (Å²) in [7, 11) is 0. The monoisotopic (exact) mass is 650 g/mol. The number of halogens is 4. The quantitative estimate of drug-likeness (QED) is 0.143. The average molecular weight is 652 g/mol. The number of urea groups is 2. The van der Waals surface area contributed by atoms with Crippen molar-refractivity contribution in [2.75, 3.05) is 16.8 Å². The predicted molar refractivity (Wildman–Crippen MR) is 165 cm³/mol. The van der Waals surface area contributed by atoms with Gasteiger partial charge in [0.15, 0.2) is 6.17 Å². The third-order valence-electron chi connectivity index (χ3n) is 6.64. The number of nitrogens with zero attached hydrogens (tertiary/aromatic N) is 4. The van der Waals surface area contributed by atoms with Crippen LogP contribution in [0.3, 0.4) is 0 Å². The van der Waals surface area contributed by atoms with Crippen molar-refractivity contribution < 1.29 is 19.6 Å². The number of hydrogen-bond donors (Lipinski definition) is 3. The molecule has 220 valence electrons. The third kappa shape index (κ3) is 6.74. The zero-order valence-corrected chi connectivity index (χ0v) is 25.6. The van der Waals surface area contributed by atoms with E-state index in [4.69, 9.17) is 46.4 Å². The van der Waals surface area contributed by atoms with E-state index in [9.17, 15) is 19.6 Å². The van der Waals surface area contributed by atoms with Gasteiger partial charge in [0.25, 0.3) is 5.91 Å². The largest absolute Gasteiger partial charge is 0.347 e. The highest BCUT2D eigenvalue weighted by Gasteiger charge is 2.56.